The first-order chi connectivity index (χ1) is 15.4. The van der Waals surface area contributed by atoms with Crippen molar-refractivity contribution in [3.63, 3.8) is 0 Å². The van der Waals surface area contributed by atoms with E-state index in [0.29, 0.717) is 26.2 Å². The smallest absolute Gasteiger partial charge is 0.251 e. The van der Waals surface area contributed by atoms with Crippen LogP contribution in [-0.2, 0) is 23.1 Å². The summed E-state index contributed by atoms with van der Waals surface area (Å²) in [4.78, 5) is 16.7. The van der Waals surface area contributed by atoms with Gasteiger partial charge in [-0.15, -0.1) is 0 Å². The van der Waals surface area contributed by atoms with Crippen molar-refractivity contribution in [2.24, 2.45) is 0 Å². The summed E-state index contributed by atoms with van der Waals surface area (Å²) in [5.74, 6) is -0.363. The highest BCUT2D eigenvalue weighted by molar-refractivity contribution is 7.89. The number of hydrogen-bond donors (Lipinski definition) is 1. The van der Waals surface area contributed by atoms with Crippen molar-refractivity contribution >= 4 is 27.5 Å². The van der Waals surface area contributed by atoms with Gasteiger partial charge >= 0.3 is 0 Å². The van der Waals surface area contributed by atoms with Crippen LogP contribution >= 0.6 is 11.6 Å². The number of aromatic nitrogens is 3. The molecule has 0 unspecified atom stereocenters. The van der Waals surface area contributed by atoms with Gasteiger partial charge in [-0.3, -0.25) is 4.79 Å². The zero-order chi connectivity index (χ0) is 22.6. The molecule has 0 atom stereocenters. The number of rotatable bonds is 7. The molecule has 0 radical (unpaired) electrons. The fourth-order valence-corrected chi connectivity index (χ4v) is 5.73. The zero-order valence-electron chi connectivity index (χ0n) is 17.4. The van der Waals surface area contributed by atoms with Gasteiger partial charge in [-0.25, -0.2) is 18.1 Å². The standard InChI is InChI=1S/C22H24ClN5O3S/c23-20-8-7-19(12-21(20)32(30,31)28-9-2-1-3-10-28)22(29)25-13-17-5-4-6-18(11-17)14-27-16-24-15-26-27/h4-8,11-12,15-16H,1-3,9-10,13-14H2,(H,25,29). The summed E-state index contributed by atoms with van der Waals surface area (Å²) in [6.07, 6.45) is 5.79. The molecular weight excluding hydrogens is 450 g/mol. The molecule has 1 saturated heterocycles. The fourth-order valence-electron chi connectivity index (χ4n) is 3.71. The normalized spacial score (nSPS) is 14.9. The molecule has 8 nitrogen and oxygen atoms in total. The van der Waals surface area contributed by atoms with E-state index in [1.807, 2.05) is 24.3 Å². The Morgan fingerprint density at radius 1 is 1.06 bits per heavy atom. The van der Waals surface area contributed by atoms with E-state index < -0.39 is 10.0 Å². The Morgan fingerprint density at radius 3 is 2.59 bits per heavy atom. The fraction of sp³-hybridized carbons (Fsp3) is 0.318. The molecule has 1 aliphatic rings. The predicted octanol–water partition coefficient (Wildman–Crippen LogP) is 3.08. The van der Waals surface area contributed by atoms with Crippen molar-refractivity contribution in [3.8, 4) is 0 Å². The molecule has 1 aliphatic heterocycles. The lowest BCUT2D eigenvalue weighted by Crippen LogP contribution is -2.36. The molecule has 0 saturated carbocycles. The lowest BCUT2D eigenvalue weighted by Gasteiger charge is -2.26. The molecular formula is C22H24ClN5O3S. The van der Waals surface area contributed by atoms with Crippen LogP contribution in [-0.4, -0.2) is 46.5 Å². The van der Waals surface area contributed by atoms with Crippen molar-refractivity contribution in [3.05, 3.63) is 76.8 Å². The monoisotopic (exact) mass is 473 g/mol. The Labute approximate surface area is 192 Å². The minimum atomic E-state index is -3.74. The van der Waals surface area contributed by atoms with Gasteiger partial charge in [0, 0.05) is 25.2 Å². The van der Waals surface area contributed by atoms with Crippen LogP contribution in [0.25, 0.3) is 0 Å². The van der Waals surface area contributed by atoms with Gasteiger partial charge in [0.25, 0.3) is 5.91 Å². The van der Waals surface area contributed by atoms with Gasteiger partial charge in [-0.1, -0.05) is 42.3 Å². The summed E-state index contributed by atoms with van der Waals surface area (Å²) >= 11 is 6.20. The number of piperidine rings is 1. The first kappa shape index (κ1) is 22.4. The molecule has 1 N–H and O–H groups in total. The summed E-state index contributed by atoms with van der Waals surface area (Å²) in [6, 6.07) is 12.2. The van der Waals surface area contributed by atoms with Gasteiger partial charge in [0.1, 0.15) is 17.6 Å². The van der Waals surface area contributed by atoms with Gasteiger partial charge in [0.2, 0.25) is 10.0 Å². The van der Waals surface area contributed by atoms with Crippen LogP contribution in [0.2, 0.25) is 5.02 Å². The topological polar surface area (TPSA) is 97.2 Å². The molecule has 0 bridgehead atoms. The number of benzene rings is 2. The van der Waals surface area contributed by atoms with E-state index in [4.69, 9.17) is 11.6 Å². The van der Waals surface area contributed by atoms with Gasteiger partial charge in [0.05, 0.1) is 11.6 Å². The minimum absolute atomic E-state index is 0.0245. The Morgan fingerprint density at radius 2 is 1.84 bits per heavy atom. The lowest BCUT2D eigenvalue weighted by atomic mass is 10.1. The zero-order valence-corrected chi connectivity index (χ0v) is 19.0. The molecule has 1 amide bonds. The van der Waals surface area contributed by atoms with E-state index in [2.05, 4.69) is 15.4 Å². The van der Waals surface area contributed by atoms with E-state index in [1.165, 1.54) is 28.8 Å². The minimum Gasteiger partial charge on any atom is -0.348 e. The third-order valence-electron chi connectivity index (χ3n) is 5.38. The lowest BCUT2D eigenvalue weighted by molar-refractivity contribution is 0.0950. The van der Waals surface area contributed by atoms with E-state index in [1.54, 1.807) is 11.0 Å². The molecule has 0 aliphatic carbocycles. The van der Waals surface area contributed by atoms with Gasteiger partial charge in [-0.05, 0) is 42.2 Å². The highest BCUT2D eigenvalue weighted by Gasteiger charge is 2.28. The summed E-state index contributed by atoms with van der Waals surface area (Å²) in [5, 5.41) is 7.07. The number of nitrogens with one attached hydrogen (secondary N) is 1. The van der Waals surface area contributed by atoms with Crippen molar-refractivity contribution in [2.75, 3.05) is 13.1 Å². The van der Waals surface area contributed by atoms with Crippen LogP contribution < -0.4 is 5.32 Å². The van der Waals surface area contributed by atoms with E-state index >= 15 is 0 Å². The number of hydrogen-bond acceptors (Lipinski definition) is 5. The maximum absolute atomic E-state index is 13.0. The van der Waals surface area contributed by atoms with Crippen LogP contribution in [0.4, 0.5) is 0 Å². The molecule has 1 fully saturated rings. The van der Waals surface area contributed by atoms with Crippen LogP contribution in [0.15, 0.2) is 60.0 Å². The molecule has 10 heteroatoms. The Bertz CT molecular complexity index is 1190. The maximum atomic E-state index is 13.0. The van der Waals surface area contributed by atoms with E-state index in [9.17, 15) is 13.2 Å². The van der Waals surface area contributed by atoms with Gasteiger partial charge < -0.3 is 5.32 Å². The first-order valence-electron chi connectivity index (χ1n) is 10.4. The predicted molar refractivity (Wildman–Crippen MR) is 121 cm³/mol. The van der Waals surface area contributed by atoms with Crippen LogP contribution in [0.1, 0.15) is 40.7 Å². The van der Waals surface area contributed by atoms with Crippen LogP contribution in [0.5, 0.6) is 0 Å². The van der Waals surface area contributed by atoms with Crippen molar-refractivity contribution in [2.45, 2.75) is 37.2 Å². The Kier molecular flexibility index (Phi) is 6.88. The summed E-state index contributed by atoms with van der Waals surface area (Å²) < 4.78 is 29.2. The van der Waals surface area contributed by atoms with Crippen LogP contribution in [0, 0.1) is 0 Å². The molecule has 32 heavy (non-hydrogen) atoms. The number of carbonyl (C=O) groups excluding carboxylic acids is 1. The third-order valence-corrected chi connectivity index (χ3v) is 7.76. The van der Waals surface area contributed by atoms with E-state index in [-0.39, 0.29) is 21.4 Å². The maximum Gasteiger partial charge on any atom is 0.251 e. The summed E-state index contributed by atoms with van der Waals surface area (Å²) in [6.45, 7) is 1.83. The quantitative estimate of drug-likeness (QED) is 0.568. The average molecular weight is 474 g/mol. The van der Waals surface area contributed by atoms with Crippen molar-refractivity contribution in [1.82, 2.24) is 24.4 Å². The highest BCUT2D eigenvalue weighted by Crippen LogP contribution is 2.28. The van der Waals surface area contributed by atoms with Gasteiger partial charge in [0.15, 0.2) is 0 Å². The molecule has 3 aromatic rings. The summed E-state index contributed by atoms with van der Waals surface area (Å²) in [7, 11) is -3.74. The number of carbonyl (C=O) groups is 1. The highest BCUT2D eigenvalue weighted by atomic mass is 35.5. The van der Waals surface area contributed by atoms with Crippen molar-refractivity contribution in [1.29, 1.82) is 0 Å². The molecule has 1 aromatic heterocycles. The molecule has 4 rings (SSSR count). The number of sulfonamides is 1. The number of halogens is 1. The molecule has 168 valence electrons. The average Bonchev–Trinajstić information content (AvgIpc) is 3.31. The largest absolute Gasteiger partial charge is 0.348 e. The van der Waals surface area contributed by atoms with Gasteiger partial charge in [-0.2, -0.15) is 9.40 Å². The SMILES string of the molecule is O=C(NCc1cccc(Cn2cncn2)c1)c1ccc(Cl)c(S(=O)(=O)N2CCCCC2)c1. The second-order valence-corrected chi connectivity index (χ2v) is 10.0. The second-order valence-electron chi connectivity index (χ2n) is 7.71. The Balaban J connectivity index is 1.45. The molecule has 0 spiro atoms. The Hall–Kier alpha value is -2.75. The third kappa shape index (κ3) is 5.17. The second kappa shape index (κ2) is 9.81. The number of nitrogens with zero attached hydrogens (tertiary/aromatic N) is 4. The first-order valence-corrected chi connectivity index (χ1v) is 12.2. The number of amides is 1. The van der Waals surface area contributed by atoms with Crippen LogP contribution in [0.3, 0.4) is 0 Å². The molecule has 2 heterocycles. The van der Waals surface area contributed by atoms with E-state index in [0.717, 1.165) is 30.4 Å². The molecule has 2 aromatic carbocycles. The summed E-state index contributed by atoms with van der Waals surface area (Å²) in [5.41, 5.74) is 2.21. The van der Waals surface area contributed by atoms with Crippen molar-refractivity contribution < 1.29 is 13.2 Å².